The summed E-state index contributed by atoms with van der Waals surface area (Å²) in [5.74, 6) is 0.0947. The van der Waals surface area contributed by atoms with E-state index in [1.807, 2.05) is 6.92 Å². The van der Waals surface area contributed by atoms with Crippen LogP contribution in [0.15, 0.2) is 0 Å². The molecule has 2 rings (SSSR count). The number of rotatable bonds is 2. The molecule has 0 radical (unpaired) electrons. The minimum Gasteiger partial charge on any atom is -0.377 e. The lowest BCUT2D eigenvalue weighted by atomic mass is 10.0. The highest BCUT2D eigenvalue weighted by Crippen LogP contribution is 2.32. The van der Waals surface area contributed by atoms with Crippen LogP contribution in [0.3, 0.4) is 0 Å². The van der Waals surface area contributed by atoms with Crippen molar-refractivity contribution >= 4 is 22.3 Å². The van der Waals surface area contributed by atoms with Gasteiger partial charge in [-0.25, -0.2) is 4.98 Å². The van der Waals surface area contributed by atoms with Gasteiger partial charge in [-0.1, -0.05) is 11.3 Å². The zero-order chi connectivity index (χ0) is 12.6. The Balaban J connectivity index is 2.33. The second-order valence-electron chi connectivity index (χ2n) is 4.98. The summed E-state index contributed by atoms with van der Waals surface area (Å²) >= 11 is 1.49. The van der Waals surface area contributed by atoms with Gasteiger partial charge in [0.05, 0.1) is 29.3 Å². The van der Waals surface area contributed by atoms with E-state index < -0.39 is 0 Å². The van der Waals surface area contributed by atoms with Crippen molar-refractivity contribution in [3.05, 3.63) is 10.6 Å². The van der Waals surface area contributed by atoms with Gasteiger partial charge in [0.25, 0.3) is 0 Å². The first-order chi connectivity index (χ1) is 7.92. The summed E-state index contributed by atoms with van der Waals surface area (Å²) in [6.07, 6.45) is 0. The van der Waals surface area contributed by atoms with Gasteiger partial charge in [-0.2, -0.15) is 0 Å². The van der Waals surface area contributed by atoms with E-state index in [9.17, 15) is 4.79 Å². The van der Waals surface area contributed by atoms with Gasteiger partial charge in [0, 0.05) is 13.5 Å². The summed E-state index contributed by atoms with van der Waals surface area (Å²) in [4.78, 5) is 19.0. The van der Waals surface area contributed by atoms with Crippen LogP contribution in [0.25, 0.3) is 0 Å². The minimum absolute atomic E-state index is 0.0589. The number of morpholine rings is 1. The van der Waals surface area contributed by atoms with E-state index in [1.165, 1.54) is 11.3 Å². The van der Waals surface area contributed by atoms with Crippen molar-refractivity contribution in [2.75, 3.05) is 24.7 Å². The van der Waals surface area contributed by atoms with Crippen molar-refractivity contribution in [3.63, 3.8) is 0 Å². The van der Waals surface area contributed by atoms with Crippen molar-refractivity contribution in [1.29, 1.82) is 0 Å². The zero-order valence-electron chi connectivity index (χ0n) is 10.7. The van der Waals surface area contributed by atoms with Crippen LogP contribution in [0.1, 0.15) is 36.1 Å². The molecule has 0 spiro atoms. The Hall–Kier alpha value is -0.940. The lowest BCUT2D eigenvalue weighted by Crippen LogP contribution is -2.53. The molecule has 0 unspecified atom stereocenters. The van der Waals surface area contributed by atoms with Gasteiger partial charge >= 0.3 is 0 Å². The molecule has 4 nitrogen and oxygen atoms in total. The molecule has 1 aromatic rings. The molecule has 0 aliphatic carbocycles. The highest BCUT2D eigenvalue weighted by molar-refractivity contribution is 7.17. The summed E-state index contributed by atoms with van der Waals surface area (Å²) in [6.45, 7) is 10.0. The molecule has 0 atom stereocenters. The van der Waals surface area contributed by atoms with E-state index in [1.54, 1.807) is 6.92 Å². The molecule has 94 valence electrons. The quantitative estimate of drug-likeness (QED) is 0.759. The van der Waals surface area contributed by atoms with Crippen molar-refractivity contribution in [1.82, 2.24) is 4.98 Å². The fourth-order valence-corrected chi connectivity index (χ4v) is 3.19. The Morgan fingerprint density at radius 3 is 2.76 bits per heavy atom. The van der Waals surface area contributed by atoms with Gasteiger partial charge in [0.2, 0.25) is 0 Å². The third-order valence-electron chi connectivity index (χ3n) is 2.98. The fraction of sp³-hybridized carbons (Fsp3) is 0.667. The molecule has 1 aliphatic heterocycles. The second-order valence-corrected chi connectivity index (χ2v) is 5.96. The van der Waals surface area contributed by atoms with Gasteiger partial charge in [0.15, 0.2) is 10.9 Å². The Morgan fingerprint density at radius 1 is 1.53 bits per heavy atom. The first-order valence-electron chi connectivity index (χ1n) is 5.75. The Kier molecular flexibility index (Phi) is 3.23. The predicted molar refractivity (Wildman–Crippen MR) is 69.1 cm³/mol. The van der Waals surface area contributed by atoms with Crippen LogP contribution in [0.2, 0.25) is 0 Å². The van der Waals surface area contributed by atoms with Crippen LogP contribution in [0, 0.1) is 6.92 Å². The van der Waals surface area contributed by atoms with Crippen LogP contribution in [-0.4, -0.2) is 36.1 Å². The van der Waals surface area contributed by atoms with E-state index >= 15 is 0 Å². The maximum atomic E-state index is 11.5. The highest BCUT2D eigenvalue weighted by atomic mass is 32.1. The molecule has 17 heavy (non-hydrogen) atoms. The molecule has 0 bridgehead atoms. The lowest BCUT2D eigenvalue weighted by Gasteiger charge is -2.42. The number of Topliss-reactive ketones (excluding diaryl/α,β-unsaturated/α-hetero) is 1. The van der Waals surface area contributed by atoms with Crippen LogP contribution in [0.5, 0.6) is 0 Å². The molecule has 0 N–H and O–H groups in total. The van der Waals surface area contributed by atoms with E-state index in [4.69, 9.17) is 4.74 Å². The maximum absolute atomic E-state index is 11.5. The van der Waals surface area contributed by atoms with Gasteiger partial charge in [-0.3, -0.25) is 4.79 Å². The molecular weight excluding hydrogens is 236 g/mol. The standard InChI is InChI=1S/C12H18N2O2S/c1-8-10(9(2)15)17-11(13-8)14-5-6-16-7-12(14,3)4/h5-7H2,1-4H3. The molecule has 1 saturated heterocycles. The molecule has 1 fully saturated rings. The molecule has 0 aromatic carbocycles. The van der Waals surface area contributed by atoms with E-state index in [2.05, 4.69) is 23.7 Å². The number of aromatic nitrogens is 1. The number of hydrogen-bond acceptors (Lipinski definition) is 5. The Labute approximate surface area is 106 Å². The topological polar surface area (TPSA) is 42.4 Å². The van der Waals surface area contributed by atoms with Crippen LogP contribution in [-0.2, 0) is 4.74 Å². The highest BCUT2D eigenvalue weighted by Gasteiger charge is 2.33. The monoisotopic (exact) mass is 254 g/mol. The largest absolute Gasteiger partial charge is 0.377 e. The summed E-state index contributed by atoms with van der Waals surface area (Å²) in [6, 6.07) is 0. The van der Waals surface area contributed by atoms with Gasteiger partial charge < -0.3 is 9.64 Å². The number of nitrogens with zero attached hydrogens (tertiary/aromatic N) is 2. The maximum Gasteiger partial charge on any atom is 0.186 e. The summed E-state index contributed by atoms with van der Waals surface area (Å²) in [5.41, 5.74) is 0.774. The van der Waals surface area contributed by atoms with Crippen LogP contribution >= 0.6 is 11.3 Å². The van der Waals surface area contributed by atoms with Crippen molar-refractivity contribution in [3.8, 4) is 0 Å². The minimum atomic E-state index is -0.0589. The lowest BCUT2D eigenvalue weighted by molar-refractivity contribution is 0.0643. The summed E-state index contributed by atoms with van der Waals surface area (Å²) < 4.78 is 5.49. The average Bonchev–Trinajstić information content (AvgIpc) is 2.59. The summed E-state index contributed by atoms with van der Waals surface area (Å²) in [7, 11) is 0. The molecule has 0 saturated carbocycles. The van der Waals surface area contributed by atoms with E-state index in [0.717, 1.165) is 28.9 Å². The Morgan fingerprint density at radius 2 is 2.24 bits per heavy atom. The van der Waals surface area contributed by atoms with Gasteiger partial charge in [0.1, 0.15) is 0 Å². The fourth-order valence-electron chi connectivity index (χ4n) is 2.04. The number of hydrogen-bond donors (Lipinski definition) is 0. The number of anilines is 1. The zero-order valence-corrected chi connectivity index (χ0v) is 11.6. The number of ether oxygens (including phenoxy) is 1. The molecule has 5 heteroatoms. The first kappa shape index (κ1) is 12.5. The molecular formula is C12H18N2O2S. The molecule has 2 heterocycles. The SMILES string of the molecule is CC(=O)c1sc(N2CCOCC2(C)C)nc1C. The summed E-state index contributed by atoms with van der Waals surface area (Å²) in [5, 5.41) is 0.931. The predicted octanol–water partition coefficient (Wildman–Crippen LogP) is 2.27. The smallest absolute Gasteiger partial charge is 0.186 e. The third-order valence-corrected chi connectivity index (χ3v) is 4.26. The molecule has 0 amide bonds. The van der Waals surface area contributed by atoms with Crippen molar-refractivity contribution in [2.24, 2.45) is 0 Å². The van der Waals surface area contributed by atoms with Gasteiger partial charge in [-0.15, -0.1) is 0 Å². The van der Waals surface area contributed by atoms with Gasteiger partial charge in [-0.05, 0) is 20.8 Å². The van der Waals surface area contributed by atoms with Crippen LogP contribution in [0.4, 0.5) is 5.13 Å². The average molecular weight is 254 g/mol. The number of thiazole rings is 1. The normalized spacial score (nSPS) is 19.4. The number of carbonyl (C=O) groups is 1. The van der Waals surface area contributed by atoms with Crippen LogP contribution < -0.4 is 4.90 Å². The number of ketones is 1. The molecule has 1 aromatic heterocycles. The Bertz CT molecular complexity index is 440. The van der Waals surface area contributed by atoms with E-state index in [0.29, 0.717) is 6.61 Å². The number of aryl methyl sites for hydroxylation is 1. The van der Waals surface area contributed by atoms with E-state index in [-0.39, 0.29) is 11.3 Å². The number of carbonyl (C=O) groups excluding carboxylic acids is 1. The van der Waals surface area contributed by atoms with Crippen molar-refractivity contribution in [2.45, 2.75) is 33.2 Å². The first-order valence-corrected chi connectivity index (χ1v) is 6.57. The third kappa shape index (κ3) is 2.35. The molecule has 1 aliphatic rings. The van der Waals surface area contributed by atoms with Crippen molar-refractivity contribution < 1.29 is 9.53 Å². The second kappa shape index (κ2) is 4.38.